The van der Waals surface area contributed by atoms with Gasteiger partial charge in [-0.3, -0.25) is 0 Å². The first kappa shape index (κ1) is 15.0. The van der Waals surface area contributed by atoms with Gasteiger partial charge in [-0.25, -0.2) is 0 Å². The molecule has 1 saturated carbocycles. The Labute approximate surface area is 108 Å². The second kappa shape index (κ2) is 6.19. The number of nitrogens with one attached hydrogen (secondary N) is 1. The molecule has 0 heterocycles. The van der Waals surface area contributed by atoms with E-state index in [0.29, 0.717) is 11.5 Å². The molecule has 0 bridgehead atoms. The van der Waals surface area contributed by atoms with E-state index < -0.39 is 0 Å². The van der Waals surface area contributed by atoms with Gasteiger partial charge >= 0.3 is 0 Å². The Balaban J connectivity index is 2.62. The van der Waals surface area contributed by atoms with Crippen LogP contribution in [0.2, 0.25) is 0 Å². The van der Waals surface area contributed by atoms with Gasteiger partial charge in [0.2, 0.25) is 0 Å². The van der Waals surface area contributed by atoms with Crippen LogP contribution in [0.1, 0.15) is 66.2 Å². The fourth-order valence-electron chi connectivity index (χ4n) is 3.10. The molecule has 0 aromatic rings. The van der Waals surface area contributed by atoms with Crippen molar-refractivity contribution < 1.29 is 4.74 Å². The zero-order valence-corrected chi connectivity index (χ0v) is 12.4. The lowest BCUT2D eigenvalue weighted by atomic mass is 9.82. The van der Waals surface area contributed by atoms with E-state index in [9.17, 15) is 0 Å². The van der Waals surface area contributed by atoms with Gasteiger partial charge in [-0.05, 0) is 45.1 Å². The number of ether oxygens (including phenoxy) is 1. The normalized spacial score (nSPS) is 21.7. The topological polar surface area (TPSA) is 21.3 Å². The third-order valence-electron chi connectivity index (χ3n) is 4.05. The van der Waals surface area contributed by atoms with Crippen LogP contribution in [0.15, 0.2) is 0 Å². The van der Waals surface area contributed by atoms with Gasteiger partial charge in [0, 0.05) is 12.6 Å². The minimum atomic E-state index is 0.120. The molecular formula is C15H31NO. The van der Waals surface area contributed by atoms with Crippen LogP contribution >= 0.6 is 0 Å². The van der Waals surface area contributed by atoms with Gasteiger partial charge in [0.1, 0.15) is 0 Å². The van der Waals surface area contributed by atoms with Crippen LogP contribution in [0.4, 0.5) is 0 Å². The fraction of sp³-hybridized carbons (Fsp3) is 1.00. The van der Waals surface area contributed by atoms with Crippen molar-refractivity contribution in [3.05, 3.63) is 0 Å². The van der Waals surface area contributed by atoms with Crippen molar-refractivity contribution in [2.45, 2.75) is 77.9 Å². The molecule has 2 nitrogen and oxygen atoms in total. The third kappa shape index (κ3) is 4.26. The average molecular weight is 241 g/mol. The Bertz CT molecular complexity index is 213. The molecule has 0 aliphatic heterocycles. The van der Waals surface area contributed by atoms with Gasteiger partial charge in [-0.15, -0.1) is 0 Å². The van der Waals surface area contributed by atoms with E-state index in [4.69, 9.17) is 4.74 Å². The molecule has 17 heavy (non-hydrogen) atoms. The fourth-order valence-corrected chi connectivity index (χ4v) is 3.10. The molecule has 1 atom stereocenters. The van der Waals surface area contributed by atoms with Gasteiger partial charge < -0.3 is 10.1 Å². The summed E-state index contributed by atoms with van der Waals surface area (Å²) in [4.78, 5) is 0. The molecular weight excluding hydrogens is 210 g/mol. The van der Waals surface area contributed by atoms with E-state index in [-0.39, 0.29) is 5.60 Å². The Kier molecular flexibility index (Phi) is 5.46. The van der Waals surface area contributed by atoms with E-state index >= 15 is 0 Å². The molecule has 1 fully saturated rings. The smallest absolute Gasteiger partial charge is 0.0834 e. The van der Waals surface area contributed by atoms with Crippen LogP contribution in [-0.2, 0) is 4.74 Å². The second-order valence-corrected chi connectivity index (χ2v) is 6.65. The van der Waals surface area contributed by atoms with E-state index in [1.54, 1.807) is 0 Å². The molecule has 1 unspecified atom stereocenters. The first-order chi connectivity index (χ1) is 7.93. The largest absolute Gasteiger partial charge is 0.374 e. The van der Waals surface area contributed by atoms with Crippen LogP contribution in [0.25, 0.3) is 0 Å². The minimum absolute atomic E-state index is 0.120. The predicted octanol–water partition coefficient (Wildman–Crippen LogP) is 3.75. The summed E-state index contributed by atoms with van der Waals surface area (Å²) in [6, 6.07) is 0.518. The van der Waals surface area contributed by atoms with E-state index in [1.807, 2.05) is 0 Å². The summed E-state index contributed by atoms with van der Waals surface area (Å²) in [6.07, 6.45) is 7.60. The van der Waals surface area contributed by atoms with Crippen molar-refractivity contribution in [1.29, 1.82) is 0 Å². The highest BCUT2D eigenvalue weighted by atomic mass is 16.5. The molecule has 102 valence electrons. The number of hydrogen-bond donors (Lipinski definition) is 1. The van der Waals surface area contributed by atoms with Crippen LogP contribution in [0, 0.1) is 5.41 Å². The zero-order chi connectivity index (χ0) is 12.9. The lowest BCUT2D eigenvalue weighted by Crippen LogP contribution is -2.50. The van der Waals surface area contributed by atoms with Crippen molar-refractivity contribution in [2.24, 2.45) is 5.41 Å². The summed E-state index contributed by atoms with van der Waals surface area (Å²) in [7, 11) is 2.09. The van der Waals surface area contributed by atoms with E-state index in [1.165, 1.54) is 38.5 Å². The molecule has 1 N–H and O–H groups in total. The maximum atomic E-state index is 6.15. The lowest BCUT2D eigenvalue weighted by Gasteiger charge is -2.38. The van der Waals surface area contributed by atoms with Gasteiger partial charge in [0.25, 0.3) is 0 Å². The number of hydrogen-bond acceptors (Lipinski definition) is 2. The summed E-state index contributed by atoms with van der Waals surface area (Å²) in [5.74, 6) is 0. The van der Waals surface area contributed by atoms with Crippen LogP contribution in [0.3, 0.4) is 0 Å². The summed E-state index contributed by atoms with van der Waals surface area (Å²) in [6.45, 7) is 9.93. The zero-order valence-electron chi connectivity index (χ0n) is 12.4. The molecule has 1 rings (SSSR count). The molecule has 1 aliphatic carbocycles. The van der Waals surface area contributed by atoms with Crippen molar-refractivity contribution >= 4 is 0 Å². The average Bonchev–Trinajstić information content (AvgIpc) is 2.67. The molecule has 1 aliphatic rings. The van der Waals surface area contributed by atoms with Gasteiger partial charge in [0.05, 0.1) is 5.60 Å². The number of rotatable bonds is 6. The molecule has 0 saturated heterocycles. The lowest BCUT2D eigenvalue weighted by molar-refractivity contribution is -0.0633. The van der Waals surface area contributed by atoms with Gasteiger partial charge in [0.15, 0.2) is 0 Å². The summed E-state index contributed by atoms with van der Waals surface area (Å²) < 4.78 is 6.15. The van der Waals surface area contributed by atoms with Crippen LogP contribution in [-0.4, -0.2) is 25.3 Å². The second-order valence-electron chi connectivity index (χ2n) is 6.65. The molecule has 0 aromatic carbocycles. The SMILES string of the molecule is CCOC1(C(CCC(C)(C)C)NC)CCCC1. The predicted molar refractivity (Wildman–Crippen MR) is 74.4 cm³/mol. The molecule has 0 spiro atoms. The van der Waals surface area contributed by atoms with Crippen molar-refractivity contribution in [1.82, 2.24) is 5.32 Å². The van der Waals surface area contributed by atoms with Crippen molar-refractivity contribution in [3.8, 4) is 0 Å². The molecule has 0 amide bonds. The Morgan fingerprint density at radius 1 is 1.24 bits per heavy atom. The maximum absolute atomic E-state index is 6.15. The maximum Gasteiger partial charge on any atom is 0.0834 e. The minimum Gasteiger partial charge on any atom is -0.374 e. The summed E-state index contributed by atoms with van der Waals surface area (Å²) in [5.41, 5.74) is 0.538. The third-order valence-corrected chi connectivity index (χ3v) is 4.05. The van der Waals surface area contributed by atoms with Crippen molar-refractivity contribution in [3.63, 3.8) is 0 Å². The Morgan fingerprint density at radius 2 is 1.82 bits per heavy atom. The monoisotopic (exact) mass is 241 g/mol. The Morgan fingerprint density at radius 3 is 2.24 bits per heavy atom. The highest BCUT2D eigenvalue weighted by Gasteiger charge is 2.41. The molecule has 0 aromatic heterocycles. The quantitative estimate of drug-likeness (QED) is 0.764. The molecule has 2 heteroatoms. The first-order valence-electron chi connectivity index (χ1n) is 7.25. The Hall–Kier alpha value is -0.0800. The first-order valence-corrected chi connectivity index (χ1v) is 7.25. The standard InChI is InChI=1S/C15H31NO/c1-6-17-15(10-7-8-11-15)13(16-5)9-12-14(2,3)4/h13,16H,6-12H2,1-5H3. The molecule has 0 radical (unpaired) electrons. The van der Waals surface area contributed by atoms with Crippen LogP contribution < -0.4 is 5.32 Å². The summed E-state index contributed by atoms with van der Waals surface area (Å²) >= 11 is 0. The highest BCUT2D eigenvalue weighted by Crippen LogP contribution is 2.38. The van der Waals surface area contributed by atoms with Gasteiger partial charge in [-0.2, -0.15) is 0 Å². The van der Waals surface area contributed by atoms with E-state index in [0.717, 1.165) is 6.61 Å². The van der Waals surface area contributed by atoms with Crippen LogP contribution in [0.5, 0.6) is 0 Å². The van der Waals surface area contributed by atoms with Crippen molar-refractivity contribution in [2.75, 3.05) is 13.7 Å². The summed E-state index contributed by atoms with van der Waals surface area (Å²) in [5, 5.41) is 3.52. The van der Waals surface area contributed by atoms with Gasteiger partial charge in [-0.1, -0.05) is 33.6 Å². The highest BCUT2D eigenvalue weighted by molar-refractivity contribution is 4.97. The van der Waals surface area contributed by atoms with E-state index in [2.05, 4.69) is 40.1 Å². The number of likely N-dealkylation sites (N-methyl/N-ethyl adjacent to an activating group) is 1.